The largest absolute Gasteiger partial charge is 0.465 e. The molecule has 9 heteroatoms. The molecule has 7 nitrogen and oxygen atoms in total. The number of hydrogen-bond donors (Lipinski definition) is 0. The summed E-state index contributed by atoms with van der Waals surface area (Å²) in [7, 11) is 1.23. The number of methoxy groups -OCH3 is 1. The number of nitro benzene ring substituents is 1. The molecule has 0 aromatic heterocycles. The summed E-state index contributed by atoms with van der Waals surface area (Å²) in [5.41, 5.74) is 0.101. The van der Waals surface area contributed by atoms with Crippen molar-refractivity contribution in [2.45, 2.75) is 0 Å². The Labute approximate surface area is 146 Å². The molecule has 0 N–H and O–H groups in total. The van der Waals surface area contributed by atoms with Gasteiger partial charge in [-0.15, -0.1) is 23.5 Å². The van der Waals surface area contributed by atoms with E-state index in [1.807, 2.05) is 0 Å². The minimum absolute atomic E-state index is 0.109. The SMILES string of the molecule is C=C(OC(=O)c1ccc([N+](=O)[O-])cc1)C(C(=O)OC)=C1SCCS1. The number of hydrogen-bond acceptors (Lipinski definition) is 8. The summed E-state index contributed by atoms with van der Waals surface area (Å²) in [6, 6.07) is 4.94. The topological polar surface area (TPSA) is 95.7 Å². The molecule has 0 saturated carbocycles. The quantitative estimate of drug-likeness (QED) is 0.257. The second-order valence-electron chi connectivity index (χ2n) is 4.47. The molecular formula is C15H13NO6S2. The highest BCUT2D eigenvalue weighted by Crippen LogP contribution is 2.41. The van der Waals surface area contributed by atoms with Crippen LogP contribution in [0, 0.1) is 10.1 Å². The molecule has 1 fully saturated rings. The van der Waals surface area contributed by atoms with E-state index < -0.39 is 16.9 Å². The van der Waals surface area contributed by atoms with Crippen LogP contribution in [0.4, 0.5) is 5.69 Å². The van der Waals surface area contributed by atoms with Crippen molar-refractivity contribution >= 4 is 41.1 Å². The third kappa shape index (κ3) is 4.18. The molecule has 24 heavy (non-hydrogen) atoms. The van der Waals surface area contributed by atoms with Crippen LogP contribution in [-0.4, -0.2) is 35.5 Å². The molecule has 0 atom stereocenters. The van der Waals surface area contributed by atoms with E-state index in [-0.39, 0.29) is 22.6 Å². The Morgan fingerprint density at radius 3 is 2.29 bits per heavy atom. The van der Waals surface area contributed by atoms with E-state index in [9.17, 15) is 19.7 Å². The van der Waals surface area contributed by atoms with Gasteiger partial charge in [-0.3, -0.25) is 10.1 Å². The summed E-state index contributed by atoms with van der Waals surface area (Å²) < 4.78 is 10.6. The summed E-state index contributed by atoms with van der Waals surface area (Å²) in [4.78, 5) is 34.1. The van der Waals surface area contributed by atoms with Gasteiger partial charge in [0, 0.05) is 23.6 Å². The highest BCUT2D eigenvalue weighted by Gasteiger charge is 2.26. The van der Waals surface area contributed by atoms with E-state index in [2.05, 4.69) is 6.58 Å². The lowest BCUT2D eigenvalue weighted by Gasteiger charge is -2.11. The standard InChI is InChI=1S/C15H13NO6S2/c1-9(12(14(18)21-2)15-23-7-8-24-15)22-13(17)10-3-5-11(6-4-10)16(19)20/h3-6H,1,7-8H2,2H3. The molecule has 0 radical (unpaired) electrons. The lowest BCUT2D eigenvalue weighted by molar-refractivity contribution is -0.384. The van der Waals surface area contributed by atoms with Crippen molar-refractivity contribution in [1.29, 1.82) is 0 Å². The summed E-state index contributed by atoms with van der Waals surface area (Å²) in [6.45, 7) is 3.64. The van der Waals surface area contributed by atoms with Gasteiger partial charge in [-0.05, 0) is 12.1 Å². The van der Waals surface area contributed by atoms with Crippen LogP contribution >= 0.6 is 23.5 Å². The van der Waals surface area contributed by atoms with E-state index in [1.165, 1.54) is 54.9 Å². The Morgan fingerprint density at radius 2 is 1.79 bits per heavy atom. The lowest BCUT2D eigenvalue weighted by atomic mass is 10.2. The highest BCUT2D eigenvalue weighted by molar-refractivity contribution is 8.25. The Hall–Kier alpha value is -2.26. The first kappa shape index (κ1) is 18.1. The van der Waals surface area contributed by atoms with E-state index >= 15 is 0 Å². The molecule has 0 aliphatic carbocycles. The number of nitrogens with zero attached hydrogens (tertiary/aromatic N) is 1. The summed E-state index contributed by atoms with van der Waals surface area (Å²) in [5.74, 6) is 0.175. The number of non-ortho nitro benzene ring substituents is 1. The molecule has 1 aliphatic rings. The zero-order valence-electron chi connectivity index (χ0n) is 12.6. The number of carbonyl (C=O) groups excluding carboxylic acids is 2. The van der Waals surface area contributed by atoms with Gasteiger partial charge < -0.3 is 9.47 Å². The normalized spacial score (nSPS) is 13.3. The van der Waals surface area contributed by atoms with Gasteiger partial charge in [0.15, 0.2) is 0 Å². The Kier molecular flexibility index (Phi) is 6.04. The third-order valence-electron chi connectivity index (χ3n) is 2.95. The fourth-order valence-electron chi connectivity index (χ4n) is 1.81. The third-order valence-corrected chi connectivity index (χ3v) is 5.67. The second-order valence-corrected chi connectivity index (χ2v) is 6.94. The molecule has 1 saturated heterocycles. The van der Waals surface area contributed by atoms with Crippen LogP contribution in [0.25, 0.3) is 0 Å². The molecule has 126 valence electrons. The summed E-state index contributed by atoms with van der Waals surface area (Å²) in [5, 5.41) is 10.6. The number of benzene rings is 1. The van der Waals surface area contributed by atoms with Gasteiger partial charge in [0.1, 0.15) is 11.3 Å². The van der Waals surface area contributed by atoms with Gasteiger partial charge in [-0.25, -0.2) is 9.59 Å². The predicted octanol–water partition coefficient (Wildman–Crippen LogP) is 3.13. The van der Waals surface area contributed by atoms with Gasteiger partial charge >= 0.3 is 11.9 Å². The van der Waals surface area contributed by atoms with E-state index in [1.54, 1.807) is 0 Å². The van der Waals surface area contributed by atoms with Crippen LogP contribution in [0.15, 0.2) is 46.4 Å². The highest BCUT2D eigenvalue weighted by atomic mass is 32.2. The van der Waals surface area contributed by atoms with Crippen LogP contribution in [-0.2, 0) is 14.3 Å². The Bertz CT molecular complexity index is 718. The molecule has 1 aliphatic heterocycles. The van der Waals surface area contributed by atoms with Crippen molar-refractivity contribution in [3.05, 3.63) is 62.1 Å². The summed E-state index contributed by atoms with van der Waals surface area (Å²) in [6.07, 6.45) is 0. The maximum Gasteiger partial charge on any atom is 0.343 e. The first-order chi connectivity index (χ1) is 11.4. The average molecular weight is 367 g/mol. The van der Waals surface area contributed by atoms with Gasteiger partial charge in [-0.1, -0.05) is 6.58 Å². The minimum Gasteiger partial charge on any atom is -0.465 e. The Balaban J connectivity index is 2.17. The van der Waals surface area contributed by atoms with E-state index in [4.69, 9.17) is 9.47 Å². The van der Waals surface area contributed by atoms with Gasteiger partial charge in [0.05, 0.1) is 21.8 Å². The van der Waals surface area contributed by atoms with Crippen molar-refractivity contribution in [3.63, 3.8) is 0 Å². The molecule has 1 aromatic carbocycles. The van der Waals surface area contributed by atoms with Gasteiger partial charge in [0.2, 0.25) is 0 Å². The number of ether oxygens (including phenoxy) is 2. The molecule has 0 unspecified atom stereocenters. The van der Waals surface area contributed by atoms with Gasteiger partial charge in [0.25, 0.3) is 5.69 Å². The lowest BCUT2D eigenvalue weighted by Crippen LogP contribution is -2.13. The van der Waals surface area contributed by atoms with E-state index in [0.29, 0.717) is 4.24 Å². The van der Waals surface area contributed by atoms with E-state index in [0.717, 1.165) is 11.5 Å². The maximum absolute atomic E-state index is 12.1. The number of carbonyl (C=O) groups is 2. The van der Waals surface area contributed by atoms with Crippen molar-refractivity contribution < 1.29 is 24.0 Å². The fraction of sp³-hybridized carbons (Fsp3) is 0.200. The monoisotopic (exact) mass is 367 g/mol. The Morgan fingerprint density at radius 1 is 1.21 bits per heavy atom. The van der Waals surface area contributed by atoms with Crippen molar-refractivity contribution in [2.24, 2.45) is 0 Å². The maximum atomic E-state index is 12.1. The zero-order chi connectivity index (χ0) is 17.7. The van der Waals surface area contributed by atoms with Gasteiger partial charge in [-0.2, -0.15) is 0 Å². The molecular weight excluding hydrogens is 354 g/mol. The second kappa shape index (κ2) is 8.02. The minimum atomic E-state index is -0.759. The first-order valence-corrected chi connectivity index (χ1v) is 8.65. The van der Waals surface area contributed by atoms with Crippen LogP contribution in [0.2, 0.25) is 0 Å². The molecule has 2 rings (SSSR count). The number of thioether (sulfide) groups is 2. The smallest absolute Gasteiger partial charge is 0.343 e. The molecule has 1 aromatic rings. The van der Waals surface area contributed by atoms with Crippen LogP contribution < -0.4 is 0 Å². The van der Waals surface area contributed by atoms with Crippen molar-refractivity contribution in [2.75, 3.05) is 18.6 Å². The fourth-order valence-corrected chi connectivity index (χ4v) is 4.36. The average Bonchev–Trinajstić information content (AvgIpc) is 3.08. The zero-order valence-corrected chi connectivity index (χ0v) is 14.3. The molecule has 0 bridgehead atoms. The van der Waals surface area contributed by atoms with Crippen molar-refractivity contribution in [1.82, 2.24) is 0 Å². The number of rotatable bonds is 5. The predicted molar refractivity (Wildman–Crippen MR) is 91.6 cm³/mol. The summed E-state index contributed by atoms with van der Waals surface area (Å²) >= 11 is 2.93. The van der Waals surface area contributed by atoms with Crippen molar-refractivity contribution in [3.8, 4) is 0 Å². The molecule has 0 spiro atoms. The van der Waals surface area contributed by atoms with Crippen LogP contribution in [0.3, 0.4) is 0 Å². The van der Waals surface area contributed by atoms with Crippen LogP contribution in [0.5, 0.6) is 0 Å². The molecule has 1 heterocycles. The first-order valence-electron chi connectivity index (χ1n) is 6.68. The number of esters is 2. The number of nitro groups is 1. The molecule has 0 amide bonds. The van der Waals surface area contributed by atoms with Crippen LogP contribution in [0.1, 0.15) is 10.4 Å².